The van der Waals surface area contributed by atoms with Gasteiger partial charge in [-0.1, -0.05) is 35.3 Å². The van der Waals surface area contributed by atoms with Gasteiger partial charge in [0.25, 0.3) is 5.91 Å². The Kier molecular flexibility index (Phi) is 7.45. The fourth-order valence-corrected chi connectivity index (χ4v) is 2.68. The van der Waals surface area contributed by atoms with E-state index in [0.717, 1.165) is 23.4 Å². The monoisotopic (exact) mass is 413 g/mol. The molecule has 144 valence electrons. The third-order valence-electron chi connectivity index (χ3n) is 3.75. The Balaban J connectivity index is 1.85. The van der Waals surface area contributed by atoms with Crippen LogP contribution in [-0.2, 0) is 16.0 Å². The van der Waals surface area contributed by atoms with Crippen molar-refractivity contribution in [1.82, 2.24) is 5.32 Å². The van der Waals surface area contributed by atoms with Gasteiger partial charge in [0.2, 0.25) is 0 Å². The first-order valence-electron chi connectivity index (χ1n) is 8.08. The zero-order valence-electron chi connectivity index (χ0n) is 14.7. The number of carbonyl (C=O) groups excluding carboxylic acids is 2. The number of nitrogens with one attached hydrogen (secondary N) is 1. The number of halogens is 3. The van der Waals surface area contributed by atoms with Gasteiger partial charge < -0.3 is 14.8 Å². The second-order valence-corrected chi connectivity index (χ2v) is 6.50. The van der Waals surface area contributed by atoms with Gasteiger partial charge in [0.1, 0.15) is 11.6 Å². The maximum atomic E-state index is 13.5. The SMILES string of the molecule is COc1ccc(CCNC(=O)[C@H](C)OC(=O)c2cc(F)c(Cl)cc2Cl)cc1. The van der Waals surface area contributed by atoms with Gasteiger partial charge in [0.05, 0.1) is 22.7 Å². The van der Waals surface area contributed by atoms with Crippen molar-refractivity contribution >= 4 is 35.1 Å². The molecule has 2 rings (SSSR count). The predicted octanol–water partition coefficient (Wildman–Crippen LogP) is 4.05. The Morgan fingerprint density at radius 3 is 2.44 bits per heavy atom. The summed E-state index contributed by atoms with van der Waals surface area (Å²) < 4.78 is 23.6. The van der Waals surface area contributed by atoms with Crippen molar-refractivity contribution in [2.24, 2.45) is 0 Å². The summed E-state index contributed by atoms with van der Waals surface area (Å²) in [6, 6.07) is 9.43. The van der Waals surface area contributed by atoms with Crippen molar-refractivity contribution in [3.8, 4) is 5.75 Å². The van der Waals surface area contributed by atoms with E-state index in [-0.39, 0.29) is 15.6 Å². The second-order valence-electron chi connectivity index (χ2n) is 5.68. The second kappa shape index (κ2) is 9.58. The van der Waals surface area contributed by atoms with Gasteiger partial charge in [-0.15, -0.1) is 0 Å². The van der Waals surface area contributed by atoms with E-state index in [1.165, 1.54) is 6.92 Å². The Morgan fingerprint density at radius 1 is 1.15 bits per heavy atom. The van der Waals surface area contributed by atoms with E-state index in [2.05, 4.69) is 5.32 Å². The molecular formula is C19H18Cl2FNO4. The van der Waals surface area contributed by atoms with Gasteiger partial charge in [0.15, 0.2) is 6.10 Å². The first-order valence-corrected chi connectivity index (χ1v) is 8.83. The fourth-order valence-electron chi connectivity index (χ4n) is 2.22. The number of benzene rings is 2. The minimum absolute atomic E-state index is 0.0569. The normalized spacial score (nSPS) is 11.6. The number of esters is 1. The third-order valence-corrected chi connectivity index (χ3v) is 4.36. The third kappa shape index (κ3) is 5.84. The number of amides is 1. The molecule has 0 aliphatic rings. The van der Waals surface area contributed by atoms with Crippen LogP contribution in [0.15, 0.2) is 36.4 Å². The van der Waals surface area contributed by atoms with E-state index < -0.39 is 23.8 Å². The predicted molar refractivity (Wildman–Crippen MR) is 101 cm³/mol. The molecular weight excluding hydrogens is 396 g/mol. The number of ether oxygens (including phenoxy) is 2. The lowest BCUT2D eigenvalue weighted by molar-refractivity contribution is -0.129. The molecule has 0 aliphatic carbocycles. The number of hydrogen-bond acceptors (Lipinski definition) is 4. The highest BCUT2D eigenvalue weighted by Crippen LogP contribution is 2.25. The minimum atomic E-state index is -1.07. The molecule has 27 heavy (non-hydrogen) atoms. The highest BCUT2D eigenvalue weighted by atomic mass is 35.5. The largest absolute Gasteiger partial charge is 0.497 e. The van der Waals surface area contributed by atoms with Crippen LogP contribution in [0.1, 0.15) is 22.8 Å². The van der Waals surface area contributed by atoms with Gasteiger partial charge in [-0.3, -0.25) is 4.79 Å². The van der Waals surface area contributed by atoms with E-state index in [9.17, 15) is 14.0 Å². The summed E-state index contributed by atoms with van der Waals surface area (Å²) in [6.07, 6.45) is -0.465. The zero-order valence-corrected chi connectivity index (χ0v) is 16.2. The summed E-state index contributed by atoms with van der Waals surface area (Å²) in [6.45, 7) is 1.78. The molecule has 5 nitrogen and oxygen atoms in total. The van der Waals surface area contributed by atoms with Crippen LogP contribution in [0.3, 0.4) is 0 Å². The van der Waals surface area contributed by atoms with Crippen LogP contribution in [0.4, 0.5) is 4.39 Å². The standard InChI is InChI=1S/C19H18Cl2FNO4/c1-11(27-19(25)14-9-17(22)16(21)10-15(14)20)18(24)23-8-7-12-3-5-13(26-2)6-4-12/h3-6,9-11H,7-8H2,1-2H3,(H,23,24)/t11-/m0/s1. The molecule has 2 aromatic rings. The van der Waals surface area contributed by atoms with Crippen LogP contribution in [0.25, 0.3) is 0 Å². The molecule has 0 unspecified atom stereocenters. The molecule has 0 fully saturated rings. The summed E-state index contributed by atoms with van der Waals surface area (Å²) in [5, 5.41) is 2.41. The highest BCUT2D eigenvalue weighted by molar-refractivity contribution is 6.36. The summed E-state index contributed by atoms with van der Waals surface area (Å²) in [5.41, 5.74) is 0.820. The van der Waals surface area contributed by atoms with Crippen LogP contribution in [-0.4, -0.2) is 31.6 Å². The number of hydrogen-bond donors (Lipinski definition) is 1. The number of rotatable bonds is 7. The molecule has 0 aliphatic heterocycles. The number of carbonyl (C=O) groups is 2. The minimum Gasteiger partial charge on any atom is -0.497 e. The van der Waals surface area contributed by atoms with Gasteiger partial charge in [-0.25, -0.2) is 9.18 Å². The van der Waals surface area contributed by atoms with Crippen molar-refractivity contribution in [3.63, 3.8) is 0 Å². The van der Waals surface area contributed by atoms with Crippen molar-refractivity contribution in [1.29, 1.82) is 0 Å². The van der Waals surface area contributed by atoms with E-state index in [1.54, 1.807) is 7.11 Å². The van der Waals surface area contributed by atoms with Gasteiger partial charge >= 0.3 is 5.97 Å². The Labute approximate surface area is 166 Å². The maximum Gasteiger partial charge on any atom is 0.340 e. The van der Waals surface area contributed by atoms with Gasteiger partial charge in [-0.05, 0) is 43.2 Å². The summed E-state index contributed by atoms with van der Waals surface area (Å²) in [4.78, 5) is 24.2. The summed E-state index contributed by atoms with van der Waals surface area (Å²) in [5.74, 6) is -1.43. The fraction of sp³-hybridized carbons (Fsp3) is 0.263. The van der Waals surface area contributed by atoms with Crippen LogP contribution in [0, 0.1) is 5.82 Å². The summed E-state index contributed by atoms with van der Waals surface area (Å²) in [7, 11) is 1.59. The lowest BCUT2D eigenvalue weighted by Gasteiger charge is -2.14. The molecule has 0 bridgehead atoms. The molecule has 1 atom stereocenters. The topological polar surface area (TPSA) is 64.6 Å². The molecule has 1 amide bonds. The zero-order chi connectivity index (χ0) is 20.0. The number of methoxy groups -OCH3 is 1. The van der Waals surface area contributed by atoms with Crippen LogP contribution in [0.5, 0.6) is 5.75 Å². The molecule has 8 heteroatoms. The Hall–Kier alpha value is -2.31. The molecule has 0 heterocycles. The van der Waals surface area contributed by atoms with Crippen molar-refractivity contribution in [2.75, 3.05) is 13.7 Å². The van der Waals surface area contributed by atoms with Gasteiger partial charge in [-0.2, -0.15) is 0 Å². The van der Waals surface area contributed by atoms with E-state index in [4.69, 9.17) is 32.7 Å². The van der Waals surface area contributed by atoms with Crippen LogP contribution < -0.4 is 10.1 Å². The molecule has 0 aromatic heterocycles. The first kappa shape index (κ1) is 21.0. The smallest absolute Gasteiger partial charge is 0.340 e. The highest BCUT2D eigenvalue weighted by Gasteiger charge is 2.21. The average molecular weight is 414 g/mol. The molecule has 2 aromatic carbocycles. The molecule has 0 radical (unpaired) electrons. The lowest BCUT2D eigenvalue weighted by Crippen LogP contribution is -2.37. The van der Waals surface area contributed by atoms with E-state index >= 15 is 0 Å². The van der Waals surface area contributed by atoms with Crippen molar-refractivity contribution < 1.29 is 23.5 Å². The Bertz CT molecular complexity index is 827. The lowest BCUT2D eigenvalue weighted by atomic mass is 10.1. The van der Waals surface area contributed by atoms with E-state index in [0.29, 0.717) is 13.0 Å². The van der Waals surface area contributed by atoms with E-state index in [1.807, 2.05) is 24.3 Å². The maximum absolute atomic E-state index is 13.5. The first-order chi connectivity index (χ1) is 12.8. The molecule has 1 N–H and O–H groups in total. The van der Waals surface area contributed by atoms with Crippen molar-refractivity contribution in [2.45, 2.75) is 19.4 Å². The molecule has 0 saturated carbocycles. The quantitative estimate of drug-likeness (QED) is 0.549. The summed E-state index contributed by atoms with van der Waals surface area (Å²) >= 11 is 11.5. The van der Waals surface area contributed by atoms with Crippen molar-refractivity contribution in [3.05, 3.63) is 63.4 Å². The molecule has 0 saturated heterocycles. The molecule has 0 spiro atoms. The Morgan fingerprint density at radius 2 is 1.81 bits per heavy atom. The van der Waals surface area contributed by atoms with Crippen LogP contribution in [0.2, 0.25) is 10.0 Å². The van der Waals surface area contributed by atoms with Gasteiger partial charge in [0, 0.05) is 6.54 Å². The van der Waals surface area contributed by atoms with Crippen LogP contribution >= 0.6 is 23.2 Å². The average Bonchev–Trinajstić information content (AvgIpc) is 2.65.